The molecule has 0 fully saturated rings. The lowest BCUT2D eigenvalue weighted by Crippen LogP contribution is -1.91. The molecular weight excluding hydrogens is 222 g/mol. The van der Waals surface area contributed by atoms with Crippen molar-refractivity contribution in [2.24, 2.45) is 0 Å². The standard InChI is InChI=1S/C12H11NO2S/c1-8-4-3-5-10(11(8)15-2)12-13-9(6-14)7-16-12/h3-7H,1-2H3. The summed E-state index contributed by atoms with van der Waals surface area (Å²) in [7, 11) is 1.64. The van der Waals surface area contributed by atoms with Crippen LogP contribution in [0.3, 0.4) is 0 Å². The Morgan fingerprint density at radius 1 is 1.44 bits per heavy atom. The fraction of sp³-hybridized carbons (Fsp3) is 0.167. The Balaban J connectivity index is 2.54. The molecule has 82 valence electrons. The van der Waals surface area contributed by atoms with Crippen LogP contribution in [0.4, 0.5) is 0 Å². The Labute approximate surface area is 97.7 Å². The first-order valence-electron chi connectivity index (χ1n) is 4.81. The molecule has 0 aliphatic heterocycles. The second-order valence-electron chi connectivity index (χ2n) is 3.35. The Bertz CT molecular complexity index is 519. The number of carbonyl (C=O) groups is 1. The zero-order valence-corrected chi connectivity index (χ0v) is 9.88. The maximum absolute atomic E-state index is 10.6. The lowest BCUT2D eigenvalue weighted by molar-refractivity contribution is 0.111. The molecule has 1 heterocycles. The van der Waals surface area contributed by atoms with Gasteiger partial charge in [-0.2, -0.15) is 0 Å². The van der Waals surface area contributed by atoms with Crippen LogP contribution in [-0.2, 0) is 0 Å². The quantitative estimate of drug-likeness (QED) is 0.765. The number of benzene rings is 1. The lowest BCUT2D eigenvalue weighted by atomic mass is 10.1. The number of ether oxygens (including phenoxy) is 1. The minimum atomic E-state index is 0.462. The van der Waals surface area contributed by atoms with Crippen molar-refractivity contribution >= 4 is 17.6 Å². The molecule has 0 atom stereocenters. The molecule has 0 N–H and O–H groups in total. The molecule has 0 saturated carbocycles. The van der Waals surface area contributed by atoms with E-state index in [0.29, 0.717) is 5.69 Å². The molecule has 0 spiro atoms. The summed E-state index contributed by atoms with van der Waals surface area (Å²) in [5.74, 6) is 0.814. The minimum Gasteiger partial charge on any atom is -0.496 e. The van der Waals surface area contributed by atoms with Crippen LogP contribution in [0.25, 0.3) is 10.6 Å². The average molecular weight is 233 g/mol. The molecule has 0 aliphatic rings. The second-order valence-corrected chi connectivity index (χ2v) is 4.21. The van der Waals surface area contributed by atoms with Gasteiger partial charge < -0.3 is 4.74 Å². The maximum atomic E-state index is 10.6. The van der Waals surface area contributed by atoms with E-state index in [2.05, 4.69) is 4.98 Å². The first-order valence-corrected chi connectivity index (χ1v) is 5.69. The van der Waals surface area contributed by atoms with Gasteiger partial charge >= 0.3 is 0 Å². The predicted molar refractivity (Wildman–Crippen MR) is 64.2 cm³/mol. The van der Waals surface area contributed by atoms with Crippen LogP contribution in [0.1, 0.15) is 16.1 Å². The van der Waals surface area contributed by atoms with Gasteiger partial charge in [-0.1, -0.05) is 12.1 Å². The van der Waals surface area contributed by atoms with Gasteiger partial charge in [-0.15, -0.1) is 11.3 Å². The predicted octanol–water partition coefficient (Wildman–Crippen LogP) is 2.94. The average Bonchev–Trinajstić information content (AvgIpc) is 2.77. The summed E-state index contributed by atoms with van der Waals surface area (Å²) >= 11 is 1.44. The molecule has 0 saturated heterocycles. The number of nitrogens with zero attached hydrogens (tertiary/aromatic N) is 1. The zero-order valence-electron chi connectivity index (χ0n) is 9.06. The van der Waals surface area contributed by atoms with Crippen molar-refractivity contribution < 1.29 is 9.53 Å². The van der Waals surface area contributed by atoms with Gasteiger partial charge in [0.25, 0.3) is 0 Å². The third-order valence-electron chi connectivity index (χ3n) is 2.29. The van der Waals surface area contributed by atoms with Gasteiger partial charge in [0.15, 0.2) is 6.29 Å². The van der Waals surface area contributed by atoms with E-state index in [1.807, 2.05) is 25.1 Å². The first kappa shape index (κ1) is 10.8. The van der Waals surface area contributed by atoms with Crippen LogP contribution in [0.2, 0.25) is 0 Å². The summed E-state index contributed by atoms with van der Waals surface area (Å²) in [6.45, 7) is 1.98. The molecule has 2 rings (SSSR count). The lowest BCUT2D eigenvalue weighted by Gasteiger charge is -2.08. The maximum Gasteiger partial charge on any atom is 0.169 e. The van der Waals surface area contributed by atoms with Gasteiger partial charge in [-0.25, -0.2) is 4.98 Å². The number of aryl methyl sites for hydroxylation is 1. The number of methoxy groups -OCH3 is 1. The van der Waals surface area contributed by atoms with Gasteiger partial charge in [-0.05, 0) is 18.6 Å². The highest BCUT2D eigenvalue weighted by atomic mass is 32.1. The highest BCUT2D eigenvalue weighted by molar-refractivity contribution is 7.13. The largest absolute Gasteiger partial charge is 0.496 e. The Kier molecular flexibility index (Phi) is 3.01. The van der Waals surface area contributed by atoms with Crippen LogP contribution >= 0.6 is 11.3 Å². The molecule has 3 nitrogen and oxygen atoms in total. The molecule has 2 aromatic rings. The molecule has 0 unspecified atom stereocenters. The first-order chi connectivity index (χ1) is 7.76. The molecule has 16 heavy (non-hydrogen) atoms. The van der Waals surface area contributed by atoms with Crippen molar-refractivity contribution in [1.29, 1.82) is 0 Å². The zero-order chi connectivity index (χ0) is 11.5. The van der Waals surface area contributed by atoms with Crippen LogP contribution < -0.4 is 4.74 Å². The number of aromatic nitrogens is 1. The molecule has 1 aromatic carbocycles. The van der Waals surface area contributed by atoms with Crippen LogP contribution in [0.15, 0.2) is 23.6 Å². The number of para-hydroxylation sites is 1. The normalized spacial score (nSPS) is 10.1. The van der Waals surface area contributed by atoms with Gasteiger partial charge in [0, 0.05) is 5.38 Å². The summed E-state index contributed by atoms with van der Waals surface area (Å²) in [5.41, 5.74) is 2.45. The van der Waals surface area contributed by atoms with E-state index in [1.54, 1.807) is 12.5 Å². The summed E-state index contributed by atoms with van der Waals surface area (Å²) < 4.78 is 5.35. The van der Waals surface area contributed by atoms with E-state index >= 15 is 0 Å². The van der Waals surface area contributed by atoms with Crippen molar-refractivity contribution in [3.05, 3.63) is 34.8 Å². The summed E-state index contributed by atoms with van der Waals surface area (Å²) in [6.07, 6.45) is 0.752. The molecule has 0 aliphatic carbocycles. The summed E-state index contributed by atoms with van der Waals surface area (Å²) in [5, 5.41) is 2.55. The smallest absolute Gasteiger partial charge is 0.169 e. The third kappa shape index (κ3) is 1.84. The van der Waals surface area contributed by atoms with Gasteiger partial charge in [0.05, 0.1) is 12.7 Å². The topological polar surface area (TPSA) is 39.2 Å². The molecule has 0 bridgehead atoms. The highest BCUT2D eigenvalue weighted by Gasteiger charge is 2.11. The van der Waals surface area contributed by atoms with Crippen LogP contribution in [-0.4, -0.2) is 18.4 Å². The second kappa shape index (κ2) is 4.45. The number of carbonyl (C=O) groups excluding carboxylic acids is 1. The number of aldehydes is 1. The number of rotatable bonds is 3. The van der Waals surface area contributed by atoms with E-state index in [0.717, 1.165) is 28.2 Å². The van der Waals surface area contributed by atoms with E-state index in [1.165, 1.54) is 11.3 Å². The van der Waals surface area contributed by atoms with Crippen molar-refractivity contribution in [3.8, 4) is 16.3 Å². The SMILES string of the molecule is COc1c(C)cccc1-c1nc(C=O)cs1. The van der Waals surface area contributed by atoms with Gasteiger partial charge in [0.1, 0.15) is 16.5 Å². The van der Waals surface area contributed by atoms with E-state index in [4.69, 9.17) is 4.74 Å². The fourth-order valence-electron chi connectivity index (χ4n) is 1.56. The monoisotopic (exact) mass is 233 g/mol. The van der Waals surface area contributed by atoms with Crippen molar-refractivity contribution in [3.63, 3.8) is 0 Å². The van der Waals surface area contributed by atoms with E-state index in [-0.39, 0.29) is 0 Å². The van der Waals surface area contributed by atoms with Gasteiger partial charge in [0.2, 0.25) is 0 Å². The highest BCUT2D eigenvalue weighted by Crippen LogP contribution is 2.34. The number of hydrogen-bond donors (Lipinski definition) is 0. The number of hydrogen-bond acceptors (Lipinski definition) is 4. The molecule has 1 aromatic heterocycles. The molecule has 0 radical (unpaired) electrons. The summed E-state index contributed by atoms with van der Waals surface area (Å²) in [4.78, 5) is 14.8. The minimum absolute atomic E-state index is 0.462. The van der Waals surface area contributed by atoms with Crippen LogP contribution in [0, 0.1) is 6.92 Å². The Morgan fingerprint density at radius 3 is 2.88 bits per heavy atom. The molecule has 0 amide bonds. The van der Waals surface area contributed by atoms with Crippen molar-refractivity contribution in [2.45, 2.75) is 6.92 Å². The van der Waals surface area contributed by atoms with Crippen molar-refractivity contribution in [2.75, 3.05) is 7.11 Å². The molecule has 4 heteroatoms. The van der Waals surface area contributed by atoms with Crippen molar-refractivity contribution in [1.82, 2.24) is 4.98 Å². The third-order valence-corrected chi connectivity index (χ3v) is 3.18. The summed E-state index contributed by atoms with van der Waals surface area (Å²) in [6, 6.07) is 5.88. The number of thiazole rings is 1. The Morgan fingerprint density at radius 2 is 2.25 bits per heavy atom. The van der Waals surface area contributed by atoms with E-state index < -0.39 is 0 Å². The van der Waals surface area contributed by atoms with Gasteiger partial charge in [-0.3, -0.25) is 4.79 Å². The fourth-order valence-corrected chi connectivity index (χ4v) is 2.34. The van der Waals surface area contributed by atoms with E-state index in [9.17, 15) is 4.79 Å². The Hall–Kier alpha value is -1.68. The molecular formula is C12H11NO2S. The van der Waals surface area contributed by atoms with Crippen LogP contribution in [0.5, 0.6) is 5.75 Å².